The van der Waals surface area contributed by atoms with E-state index in [-0.39, 0.29) is 12.0 Å². The summed E-state index contributed by atoms with van der Waals surface area (Å²) in [6.45, 7) is 0. The van der Waals surface area contributed by atoms with Crippen molar-refractivity contribution in [3.8, 4) is 16.9 Å². The van der Waals surface area contributed by atoms with Crippen LogP contribution >= 0.6 is 0 Å². The van der Waals surface area contributed by atoms with Gasteiger partial charge in [0.05, 0.1) is 39.7 Å². The van der Waals surface area contributed by atoms with Gasteiger partial charge in [-0.2, -0.15) is 0 Å². The number of hydrogen-bond acceptors (Lipinski definition) is 7. The minimum absolute atomic E-state index is 0.0256. The summed E-state index contributed by atoms with van der Waals surface area (Å²) < 4.78 is 20.6. The van der Waals surface area contributed by atoms with Crippen LogP contribution in [-0.4, -0.2) is 35.8 Å². The molecular weight excluding hydrogens is 525 g/mol. The number of rotatable bonds is 9. The second kappa shape index (κ2) is 11.1. The minimum atomic E-state index is -0.878. The van der Waals surface area contributed by atoms with Crippen LogP contribution in [0.3, 0.4) is 0 Å². The van der Waals surface area contributed by atoms with Crippen molar-refractivity contribution in [2.24, 2.45) is 0 Å². The van der Waals surface area contributed by atoms with Crippen molar-refractivity contribution in [1.29, 1.82) is 0 Å². The number of carboxylic acid groups (broad SMARTS) is 1. The van der Waals surface area contributed by atoms with Gasteiger partial charge >= 0.3 is 5.97 Å². The molecule has 0 amide bonds. The lowest BCUT2D eigenvalue weighted by Crippen LogP contribution is -2.24. The summed E-state index contributed by atoms with van der Waals surface area (Å²) in [5, 5.41) is 13.6. The summed E-state index contributed by atoms with van der Waals surface area (Å²) in [5.74, 6) is -0.213. The number of aryl methyl sites for hydroxylation is 1. The van der Waals surface area contributed by atoms with Gasteiger partial charge in [0.2, 0.25) is 0 Å². The first-order valence-electron chi connectivity index (χ1n) is 13.1. The molecule has 10 heteroatoms. The Morgan fingerprint density at radius 1 is 0.927 bits per heavy atom. The molecule has 6 aromatic rings. The van der Waals surface area contributed by atoms with Crippen LogP contribution < -0.4 is 5.56 Å². The van der Waals surface area contributed by atoms with Crippen molar-refractivity contribution in [2.75, 3.05) is 0 Å². The van der Waals surface area contributed by atoms with Gasteiger partial charge in [0.15, 0.2) is 0 Å². The average molecular weight is 550 g/mol. The molecule has 1 N–H and O–H groups in total. The van der Waals surface area contributed by atoms with Crippen LogP contribution in [0.5, 0.6) is 0 Å². The molecule has 0 radical (unpaired) electrons. The van der Waals surface area contributed by atoms with Crippen molar-refractivity contribution in [3.63, 3.8) is 0 Å². The van der Waals surface area contributed by atoms with E-state index in [2.05, 4.69) is 15.1 Å². The molecule has 0 aliphatic rings. The number of carboxylic acids is 1. The Labute approximate surface area is 232 Å². The van der Waals surface area contributed by atoms with E-state index in [0.29, 0.717) is 59.6 Å². The van der Waals surface area contributed by atoms with E-state index in [4.69, 9.17) is 14.6 Å². The SMILES string of the molecule is O=C(O)CCCCc1nc2cc(-c3cc(Cc4cnc5ccccc5n4)on3)ccc2c(=O)n1-c1ccc(F)cc1. The van der Waals surface area contributed by atoms with Crippen LogP contribution in [0.4, 0.5) is 4.39 Å². The Bertz CT molecular complexity index is 1950. The van der Waals surface area contributed by atoms with Crippen LogP contribution in [-0.2, 0) is 17.6 Å². The van der Waals surface area contributed by atoms with E-state index < -0.39 is 11.8 Å². The number of nitrogens with zero attached hydrogens (tertiary/aromatic N) is 5. The predicted molar refractivity (Wildman–Crippen MR) is 150 cm³/mol. The van der Waals surface area contributed by atoms with Gasteiger partial charge in [-0.05, 0) is 61.4 Å². The number of unbranched alkanes of at least 4 members (excludes halogenated alkanes) is 1. The van der Waals surface area contributed by atoms with Crippen molar-refractivity contribution >= 4 is 27.9 Å². The van der Waals surface area contributed by atoms with Gasteiger partial charge in [0.25, 0.3) is 5.56 Å². The minimum Gasteiger partial charge on any atom is -0.481 e. The maximum Gasteiger partial charge on any atom is 0.303 e. The van der Waals surface area contributed by atoms with Crippen LogP contribution in [0.15, 0.2) is 88.3 Å². The second-order valence-corrected chi connectivity index (χ2v) is 9.68. The molecule has 0 aliphatic heterocycles. The molecule has 0 fully saturated rings. The largest absolute Gasteiger partial charge is 0.481 e. The molecule has 0 saturated heterocycles. The lowest BCUT2D eigenvalue weighted by atomic mass is 10.1. The summed E-state index contributed by atoms with van der Waals surface area (Å²) >= 11 is 0. The molecular formula is C31H24FN5O4. The van der Waals surface area contributed by atoms with Gasteiger partial charge in [0.1, 0.15) is 23.1 Å². The third-order valence-corrected chi connectivity index (χ3v) is 6.77. The molecule has 6 rings (SSSR count). The zero-order valence-corrected chi connectivity index (χ0v) is 21.8. The van der Waals surface area contributed by atoms with E-state index in [9.17, 15) is 14.0 Å². The first-order valence-corrected chi connectivity index (χ1v) is 13.1. The summed E-state index contributed by atoms with van der Waals surface area (Å²) in [5.41, 5.74) is 4.35. The highest BCUT2D eigenvalue weighted by atomic mass is 19.1. The van der Waals surface area contributed by atoms with Crippen molar-refractivity contribution in [3.05, 3.63) is 112 Å². The zero-order valence-electron chi connectivity index (χ0n) is 21.8. The van der Waals surface area contributed by atoms with Gasteiger partial charge < -0.3 is 9.63 Å². The fraction of sp³-hybridized carbons (Fsp3) is 0.161. The van der Waals surface area contributed by atoms with Gasteiger partial charge in [-0.1, -0.05) is 23.4 Å². The molecule has 9 nitrogen and oxygen atoms in total. The van der Waals surface area contributed by atoms with Crippen LogP contribution in [0.1, 0.15) is 36.5 Å². The monoisotopic (exact) mass is 549 g/mol. The van der Waals surface area contributed by atoms with Crippen molar-refractivity contribution < 1.29 is 18.8 Å². The molecule has 3 heterocycles. The number of aliphatic carboxylic acids is 1. The highest BCUT2D eigenvalue weighted by Crippen LogP contribution is 2.25. The quantitative estimate of drug-likeness (QED) is 0.234. The Kier molecular flexibility index (Phi) is 7.03. The van der Waals surface area contributed by atoms with E-state index in [1.54, 1.807) is 24.4 Å². The number of carbonyl (C=O) groups is 1. The standard InChI is InChI=1S/C31H24FN5O4/c32-20-10-12-22(13-11-20)37-29(7-3-4-8-30(38)39)35-28-15-19(9-14-24(28)31(37)40)27-17-23(41-36-27)16-21-18-33-25-5-1-2-6-26(25)34-21/h1-2,5-6,9-15,17-18H,3-4,7-8,16H2,(H,38,39). The number of aromatic nitrogens is 5. The van der Waals surface area contributed by atoms with Gasteiger partial charge in [-0.15, -0.1) is 0 Å². The topological polar surface area (TPSA) is 124 Å². The molecule has 0 unspecified atom stereocenters. The molecule has 0 aliphatic carbocycles. The van der Waals surface area contributed by atoms with E-state index >= 15 is 0 Å². The first-order chi connectivity index (χ1) is 19.9. The molecule has 0 saturated carbocycles. The summed E-state index contributed by atoms with van der Waals surface area (Å²) in [6.07, 6.45) is 3.50. The van der Waals surface area contributed by atoms with E-state index in [1.807, 2.05) is 30.3 Å². The van der Waals surface area contributed by atoms with E-state index in [1.165, 1.54) is 28.8 Å². The number of halogens is 1. The normalized spacial score (nSPS) is 11.3. The summed E-state index contributed by atoms with van der Waals surface area (Å²) in [4.78, 5) is 38.4. The highest BCUT2D eigenvalue weighted by molar-refractivity contribution is 5.83. The summed E-state index contributed by atoms with van der Waals surface area (Å²) in [7, 11) is 0. The smallest absolute Gasteiger partial charge is 0.303 e. The lowest BCUT2D eigenvalue weighted by molar-refractivity contribution is -0.137. The molecule has 0 spiro atoms. The maximum absolute atomic E-state index is 13.6. The van der Waals surface area contributed by atoms with Crippen molar-refractivity contribution in [2.45, 2.75) is 32.1 Å². The Hall–Kier alpha value is -5.25. The Morgan fingerprint density at radius 3 is 2.54 bits per heavy atom. The number of fused-ring (bicyclic) bond motifs is 2. The zero-order chi connectivity index (χ0) is 28.3. The van der Waals surface area contributed by atoms with Gasteiger partial charge in [-0.25, -0.2) is 14.4 Å². The van der Waals surface area contributed by atoms with E-state index in [0.717, 1.165) is 22.3 Å². The third kappa shape index (κ3) is 5.58. The van der Waals surface area contributed by atoms with Crippen LogP contribution in [0, 0.1) is 5.82 Å². The first kappa shape index (κ1) is 26.0. The fourth-order valence-corrected chi connectivity index (χ4v) is 4.77. The highest BCUT2D eigenvalue weighted by Gasteiger charge is 2.16. The molecule has 0 atom stereocenters. The van der Waals surface area contributed by atoms with Crippen LogP contribution in [0.25, 0.3) is 38.9 Å². The number of benzene rings is 3. The molecule has 41 heavy (non-hydrogen) atoms. The second-order valence-electron chi connectivity index (χ2n) is 9.68. The average Bonchev–Trinajstić information content (AvgIpc) is 3.44. The predicted octanol–water partition coefficient (Wildman–Crippen LogP) is 5.51. The Balaban J connectivity index is 1.33. The van der Waals surface area contributed by atoms with Gasteiger partial charge in [0, 0.05) is 30.7 Å². The lowest BCUT2D eigenvalue weighted by Gasteiger charge is -2.14. The molecule has 3 aromatic carbocycles. The van der Waals surface area contributed by atoms with Crippen LogP contribution in [0.2, 0.25) is 0 Å². The molecule has 204 valence electrons. The fourth-order valence-electron chi connectivity index (χ4n) is 4.77. The number of para-hydroxylation sites is 2. The number of hydrogen-bond donors (Lipinski definition) is 1. The summed E-state index contributed by atoms with van der Waals surface area (Å²) in [6, 6.07) is 20.3. The van der Waals surface area contributed by atoms with Gasteiger partial charge in [-0.3, -0.25) is 19.1 Å². The van der Waals surface area contributed by atoms with Crippen molar-refractivity contribution in [1.82, 2.24) is 24.7 Å². The third-order valence-electron chi connectivity index (χ3n) is 6.77. The maximum atomic E-state index is 13.6. The Morgan fingerprint density at radius 2 is 1.73 bits per heavy atom. The molecule has 3 aromatic heterocycles. The molecule has 0 bridgehead atoms.